The van der Waals surface area contributed by atoms with Crippen LogP contribution in [-0.4, -0.2) is 26.6 Å². The molecule has 2 heterocycles. The molecule has 0 aliphatic carbocycles. The molecule has 2 aromatic heterocycles. The van der Waals surface area contributed by atoms with Crippen LogP contribution in [0.15, 0.2) is 47.5 Å². The summed E-state index contributed by atoms with van der Waals surface area (Å²) in [6, 6.07) is 8.98. The van der Waals surface area contributed by atoms with Crippen LogP contribution < -0.4 is 10.9 Å². The molecule has 0 saturated carbocycles. The lowest BCUT2D eigenvalue weighted by molar-refractivity contribution is -0.121. The Morgan fingerprint density at radius 1 is 1.23 bits per heavy atom. The van der Waals surface area contributed by atoms with E-state index in [2.05, 4.69) is 24.3 Å². The second-order valence-electron chi connectivity index (χ2n) is 6.63. The molecule has 3 aromatic rings. The van der Waals surface area contributed by atoms with Gasteiger partial charge in [-0.3, -0.25) is 9.59 Å². The van der Waals surface area contributed by atoms with Crippen LogP contribution in [0.1, 0.15) is 20.3 Å². The number of nitrogens with zero attached hydrogens (tertiary/aromatic N) is 3. The predicted octanol–water partition coefficient (Wildman–Crippen LogP) is 2.98. The van der Waals surface area contributed by atoms with Gasteiger partial charge in [-0.15, -0.1) is 0 Å². The van der Waals surface area contributed by atoms with Crippen LogP contribution >= 0.6 is 11.6 Å². The topological polar surface area (TPSA) is 68.4 Å². The maximum absolute atomic E-state index is 12.6. The molecular weight excluding hydrogens is 352 g/mol. The average molecular weight is 373 g/mol. The Hall–Kier alpha value is -2.60. The second kappa shape index (κ2) is 7.74. The van der Waals surface area contributed by atoms with Gasteiger partial charge in [-0.25, -0.2) is 4.52 Å². The number of halogens is 1. The summed E-state index contributed by atoms with van der Waals surface area (Å²) in [4.78, 5) is 24.7. The molecule has 3 rings (SSSR count). The molecule has 0 saturated heterocycles. The Labute approximate surface area is 156 Å². The van der Waals surface area contributed by atoms with Crippen molar-refractivity contribution in [2.45, 2.75) is 26.8 Å². The summed E-state index contributed by atoms with van der Waals surface area (Å²) < 4.78 is 2.92. The molecule has 0 atom stereocenters. The molecule has 0 spiro atoms. The van der Waals surface area contributed by atoms with Gasteiger partial charge < -0.3 is 9.88 Å². The van der Waals surface area contributed by atoms with Gasteiger partial charge >= 0.3 is 0 Å². The van der Waals surface area contributed by atoms with E-state index in [1.807, 2.05) is 12.1 Å². The van der Waals surface area contributed by atoms with E-state index in [1.165, 1.54) is 9.08 Å². The number of carbonyl (C=O) groups is 1. The third kappa shape index (κ3) is 4.14. The van der Waals surface area contributed by atoms with E-state index >= 15 is 0 Å². The van der Waals surface area contributed by atoms with Crippen molar-refractivity contribution < 1.29 is 4.79 Å². The number of amides is 1. The van der Waals surface area contributed by atoms with Gasteiger partial charge in [-0.1, -0.05) is 37.6 Å². The molecule has 1 N–H and O–H groups in total. The third-order valence-electron chi connectivity index (χ3n) is 4.10. The lowest BCUT2D eigenvalue weighted by Gasteiger charge is -2.08. The van der Waals surface area contributed by atoms with E-state index in [9.17, 15) is 9.59 Å². The van der Waals surface area contributed by atoms with Gasteiger partial charge in [-0.2, -0.15) is 5.10 Å². The standard InChI is InChI=1S/C19H21ClN4O2/c1-13(2)7-8-21-18(25)12-23-9-10-24-17(19(23)26)11-16(22-24)14-3-5-15(20)6-4-14/h3-6,9-11,13H,7-8,12H2,1-2H3,(H,21,25). The van der Waals surface area contributed by atoms with E-state index in [0.717, 1.165) is 12.0 Å². The van der Waals surface area contributed by atoms with Crippen molar-refractivity contribution in [3.63, 3.8) is 0 Å². The fraction of sp³-hybridized carbons (Fsp3) is 0.316. The number of fused-ring (bicyclic) bond motifs is 1. The molecule has 0 aliphatic heterocycles. The highest BCUT2D eigenvalue weighted by Gasteiger charge is 2.11. The molecule has 26 heavy (non-hydrogen) atoms. The van der Waals surface area contributed by atoms with E-state index < -0.39 is 0 Å². The van der Waals surface area contributed by atoms with E-state index in [0.29, 0.717) is 28.7 Å². The molecule has 0 aliphatic rings. The predicted molar refractivity (Wildman–Crippen MR) is 102 cm³/mol. The fourth-order valence-electron chi connectivity index (χ4n) is 2.62. The maximum atomic E-state index is 12.6. The van der Waals surface area contributed by atoms with Crippen molar-refractivity contribution in [3.8, 4) is 11.3 Å². The molecule has 0 radical (unpaired) electrons. The van der Waals surface area contributed by atoms with Crippen LogP contribution in [0.3, 0.4) is 0 Å². The molecular formula is C19H21ClN4O2. The van der Waals surface area contributed by atoms with Gasteiger partial charge in [0, 0.05) is 29.5 Å². The minimum Gasteiger partial charge on any atom is -0.355 e. The van der Waals surface area contributed by atoms with E-state index in [-0.39, 0.29) is 18.0 Å². The fourth-order valence-corrected chi connectivity index (χ4v) is 2.75. The number of hydrogen-bond acceptors (Lipinski definition) is 3. The second-order valence-corrected chi connectivity index (χ2v) is 7.07. The molecule has 0 fully saturated rings. The van der Waals surface area contributed by atoms with Gasteiger partial charge in [-0.05, 0) is 30.5 Å². The summed E-state index contributed by atoms with van der Waals surface area (Å²) in [6.45, 7) is 4.81. The first kappa shape index (κ1) is 18.2. The highest BCUT2D eigenvalue weighted by Crippen LogP contribution is 2.20. The van der Waals surface area contributed by atoms with Crippen molar-refractivity contribution in [2.75, 3.05) is 6.54 Å². The minimum absolute atomic E-state index is 0.00507. The number of rotatable bonds is 6. The number of hydrogen-bond donors (Lipinski definition) is 1. The average Bonchev–Trinajstić information content (AvgIpc) is 3.03. The van der Waals surface area contributed by atoms with Gasteiger partial charge in [0.15, 0.2) is 0 Å². The van der Waals surface area contributed by atoms with Crippen LogP contribution in [0.2, 0.25) is 5.02 Å². The summed E-state index contributed by atoms with van der Waals surface area (Å²) in [5, 5.41) is 7.90. The Bertz CT molecular complexity index is 973. The van der Waals surface area contributed by atoms with Crippen LogP contribution in [0.5, 0.6) is 0 Å². The number of carbonyl (C=O) groups excluding carboxylic acids is 1. The molecule has 7 heteroatoms. The smallest absolute Gasteiger partial charge is 0.277 e. The Morgan fingerprint density at radius 2 is 1.96 bits per heavy atom. The first-order valence-electron chi connectivity index (χ1n) is 8.55. The summed E-state index contributed by atoms with van der Waals surface area (Å²) in [6.07, 6.45) is 4.17. The highest BCUT2D eigenvalue weighted by atomic mass is 35.5. The van der Waals surface area contributed by atoms with Crippen molar-refractivity contribution in [2.24, 2.45) is 5.92 Å². The zero-order valence-electron chi connectivity index (χ0n) is 14.8. The van der Waals surface area contributed by atoms with E-state index in [4.69, 9.17) is 11.6 Å². The normalized spacial score (nSPS) is 11.2. The van der Waals surface area contributed by atoms with Crippen LogP contribution in [0, 0.1) is 5.92 Å². The van der Waals surface area contributed by atoms with Crippen molar-refractivity contribution in [1.29, 1.82) is 0 Å². The molecule has 1 amide bonds. The van der Waals surface area contributed by atoms with E-state index in [1.54, 1.807) is 30.6 Å². The minimum atomic E-state index is -0.251. The summed E-state index contributed by atoms with van der Waals surface area (Å²) >= 11 is 5.91. The van der Waals surface area contributed by atoms with Crippen LogP contribution in [0.25, 0.3) is 16.8 Å². The van der Waals surface area contributed by atoms with Crippen molar-refractivity contribution >= 4 is 23.0 Å². The Kier molecular flexibility index (Phi) is 5.42. The quantitative estimate of drug-likeness (QED) is 0.723. The first-order valence-corrected chi connectivity index (χ1v) is 8.93. The van der Waals surface area contributed by atoms with Crippen molar-refractivity contribution in [1.82, 2.24) is 19.5 Å². The summed E-state index contributed by atoms with van der Waals surface area (Å²) in [5.74, 6) is 0.349. The summed E-state index contributed by atoms with van der Waals surface area (Å²) in [7, 11) is 0. The molecule has 0 bridgehead atoms. The Morgan fingerprint density at radius 3 is 2.65 bits per heavy atom. The highest BCUT2D eigenvalue weighted by molar-refractivity contribution is 6.30. The SMILES string of the molecule is CC(C)CCNC(=O)Cn1ccn2nc(-c3ccc(Cl)cc3)cc2c1=O. The van der Waals surface area contributed by atoms with Crippen molar-refractivity contribution in [3.05, 3.63) is 58.1 Å². The zero-order valence-corrected chi connectivity index (χ0v) is 15.5. The molecule has 6 nitrogen and oxygen atoms in total. The summed E-state index contributed by atoms with van der Waals surface area (Å²) in [5.41, 5.74) is 1.72. The number of benzene rings is 1. The van der Waals surface area contributed by atoms with Crippen LogP contribution in [0.4, 0.5) is 0 Å². The van der Waals surface area contributed by atoms with Gasteiger partial charge in [0.2, 0.25) is 5.91 Å². The third-order valence-corrected chi connectivity index (χ3v) is 4.35. The van der Waals surface area contributed by atoms with Crippen LogP contribution in [-0.2, 0) is 11.3 Å². The molecule has 0 unspecified atom stereocenters. The van der Waals surface area contributed by atoms with Gasteiger partial charge in [0.1, 0.15) is 12.1 Å². The monoisotopic (exact) mass is 372 g/mol. The largest absolute Gasteiger partial charge is 0.355 e. The lowest BCUT2D eigenvalue weighted by atomic mass is 10.1. The first-order chi connectivity index (χ1) is 12.4. The van der Waals surface area contributed by atoms with Gasteiger partial charge in [0.05, 0.1) is 5.69 Å². The molecule has 1 aromatic carbocycles. The lowest BCUT2D eigenvalue weighted by Crippen LogP contribution is -2.33. The number of aromatic nitrogens is 3. The van der Waals surface area contributed by atoms with Gasteiger partial charge in [0.25, 0.3) is 5.56 Å². The maximum Gasteiger partial charge on any atom is 0.277 e. The number of nitrogens with one attached hydrogen (secondary N) is 1. The zero-order chi connectivity index (χ0) is 18.7. The molecule has 136 valence electrons. The Balaban J connectivity index is 1.81.